The third-order valence-corrected chi connectivity index (χ3v) is 3.22. The van der Waals surface area contributed by atoms with Gasteiger partial charge in [-0.25, -0.2) is 0 Å². The summed E-state index contributed by atoms with van der Waals surface area (Å²) in [6.45, 7) is 8.69. The van der Waals surface area contributed by atoms with Crippen LogP contribution in [0, 0.1) is 20.8 Å². The Balaban J connectivity index is 2.27. The fourth-order valence-corrected chi connectivity index (χ4v) is 2.64. The number of hydrogen-bond donors (Lipinski definition) is 1. The maximum atomic E-state index is 4.13. The molecule has 0 saturated carbocycles. The number of pyridine rings is 1. The van der Waals surface area contributed by atoms with Crippen LogP contribution in [-0.4, -0.2) is 4.98 Å². The summed E-state index contributed by atoms with van der Waals surface area (Å²) in [6, 6.07) is 8.76. The molecule has 0 amide bonds. The van der Waals surface area contributed by atoms with Crippen molar-refractivity contribution in [3.63, 3.8) is 0 Å². The number of aryl methyl sites for hydroxylation is 3. The molecule has 0 spiro atoms. The number of nitrogens with zero attached hydrogens (tertiary/aromatic N) is 1. The zero-order valence-electron chi connectivity index (χ0n) is 11.5. The normalized spacial score (nSPS) is 12.2. The van der Waals surface area contributed by atoms with Crippen molar-refractivity contribution in [2.75, 3.05) is 5.32 Å². The largest absolute Gasteiger partial charge is 0.377 e. The van der Waals surface area contributed by atoms with E-state index in [4.69, 9.17) is 0 Å². The first-order valence-corrected chi connectivity index (χ1v) is 6.32. The second-order valence-corrected chi connectivity index (χ2v) is 4.92. The van der Waals surface area contributed by atoms with E-state index >= 15 is 0 Å². The van der Waals surface area contributed by atoms with Gasteiger partial charge in [-0.2, -0.15) is 0 Å². The molecule has 0 aliphatic rings. The van der Waals surface area contributed by atoms with Crippen molar-refractivity contribution in [2.45, 2.75) is 33.7 Å². The third kappa shape index (κ3) is 2.70. The van der Waals surface area contributed by atoms with Gasteiger partial charge in [-0.15, -0.1) is 0 Å². The highest BCUT2D eigenvalue weighted by Crippen LogP contribution is 2.26. The highest BCUT2D eigenvalue weighted by atomic mass is 14.9. The summed E-state index contributed by atoms with van der Waals surface area (Å²) in [6.07, 6.45) is 3.65. The van der Waals surface area contributed by atoms with Gasteiger partial charge >= 0.3 is 0 Å². The van der Waals surface area contributed by atoms with E-state index < -0.39 is 0 Å². The zero-order chi connectivity index (χ0) is 13.1. The number of nitrogens with one attached hydrogen (secondary N) is 1. The minimum atomic E-state index is 0.287. The smallest absolute Gasteiger partial charge is 0.0531 e. The average molecular weight is 240 g/mol. The van der Waals surface area contributed by atoms with Gasteiger partial charge in [-0.3, -0.25) is 4.98 Å². The summed E-state index contributed by atoms with van der Waals surface area (Å²) in [7, 11) is 0. The van der Waals surface area contributed by atoms with Gasteiger partial charge < -0.3 is 5.32 Å². The molecule has 1 atom stereocenters. The Hall–Kier alpha value is -1.83. The molecule has 18 heavy (non-hydrogen) atoms. The van der Waals surface area contributed by atoms with Crippen molar-refractivity contribution in [3.8, 4) is 0 Å². The van der Waals surface area contributed by atoms with Crippen molar-refractivity contribution in [3.05, 3.63) is 58.9 Å². The lowest BCUT2D eigenvalue weighted by atomic mass is 9.95. The fourth-order valence-electron chi connectivity index (χ4n) is 2.64. The third-order valence-electron chi connectivity index (χ3n) is 3.22. The van der Waals surface area contributed by atoms with Crippen LogP contribution >= 0.6 is 0 Å². The van der Waals surface area contributed by atoms with Crippen molar-refractivity contribution in [2.24, 2.45) is 0 Å². The van der Waals surface area contributed by atoms with Crippen molar-refractivity contribution in [1.82, 2.24) is 4.98 Å². The molecule has 2 nitrogen and oxygen atoms in total. The molecule has 1 aromatic carbocycles. The lowest BCUT2D eigenvalue weighted by Crippen LogP contribution is -2.10. The second-order valence-electron chi connectivity index (χ2n) is 4.92. The topological polar surface area (TPSA) is 24.9 Å². The van der Waals surface area contributed by atoms with Gasteiger partial charge in [0.2, 0.25) is 0 Å². The van der Waals surface area contributed by atoms with Gasteiger partial charge in [0.15, 0.2) is 0 Å². The second kappa shape index (κ2) is 5.21. The Morgan fingerprint density at radius 3 is 2.33 bits per heavy atom. The highest BCUT2D eigenvalue weighted by molar-refractivity contribution is 5.47. The van der Waals surface area contributed by atoms with Gasteiger partial charge in [0.1, 0.15) is 0 Å². The number of aromatic nitrogens is 1. The van der Waals surface area contributed by atoms with Gasteiger partial charge in [0.05, 0.1) is 5.69 Å². The Bertz CT molecular complexity index is 509. The lowest BCUT2D eigenvalue weighted by molar-refractivity contribution is 0.860. The summed E-state index contributed by atoms with van der Waals surface area (Å²) >= 11 is 0. The molecule has 0 bridgehead atoms. The quantitative estimate of drug-likeness (QED) is 0.870. The van der Waals surface area contributed by atoms with Crippen LogP contribution in [0.5, 0.6) is 0 Å². The van der Waals surface area contributed by atoms with E-state index in [0.717, 1.165) is 5.69 Å². The molecule has 1 unspecified atom stereocenters. The molecule has 94 valence electrons. The van der Waals surface area contributed by atoms with Gasteiger partial charge in [-0.1, -0.05) is 17.7 Å². The first-order valence-electron chi connectivity index (χ1n) is 6.32. The first-order chi connectivity index (χ1) is 8.58. The highest BCUT2D eigenvalue weighted by Gasteiger charge is 2.11. The summed E-state index contributed by atoms with van der Waals surface area (Å²) < 4.78 is 0. The molecule has 2 heteroatoms. The van der Waals surface area contributed by atoms with E-state index in [1.54, 1.807) is 6.20 Å². The van der Waals surface area contributed by atoms with Crippen LogP contribution in [0.2, 0.25) is 0 Å². The predicted molar refractivity (Wildman–Crippen MR) is 76.9 cm³/mol. The summed E-state index contributed by atoms with van der Waals surface area (Å²) in [5.41, 5.74) is 6.45. The Morgan fingerprint density at radius 1 is 1.11 bits per heavy atom. The van der Waals surface area contributed by atoms with Crippen molar-refractivity contribution in [1.29, 1.82) is 0 Å². The zero-order valence-corrected chi connectivity index (χ0v) is 11.5. The maximum Gasteiger partial charge on any atom is 0.0531 e. The first kappa shape index (κ1) is 12.6. The summed E-state index contributed by atoms with van der Waals surface area (Å²) in [5.74, 6) is 0. The average Bonchev–Trinajstić information content (AvgIpc) is 2.28. The van der Waals surface area contributed by atoms with E-state index in [-0.39, 0.29) is 6.04 Å². The molecule has 0 saturated heterocycles. The number of hydrogen-bond acceptors (Lipinski definition) is 2. The van der Waals surface area contributed by atoms with Gasteiger partial charge in [0, 0.05) is 18.4 Å². The monoisotopic (exact) mass is 240 g/mol. The molecule has 1 heterocycles. The van der Waals surface area contributed by atoms with Crippen molar-refractivity contribution >= 4 is 5.69 Å². The summed E-state index contributed by atoms with van der Waals surface area (Å²) in [5, 5.41) is 3.50. The van der Waals surface area contributed by atoms with Crippen LogP contribution in [0.3, 0.4) is 0 Å². The molecule has 0 radical (unpaired) electrons. The van der Waals surface area contributed by atoms with Crippen molar-refractivity contribution < 1.29 is 0 Å². The molecular weight excluding hydrogens is 220 g/mol. The molecule has 1 N–H and O–H groups in total. The Morgan fingerprint density at radius 2 is 1.78 bits per heavy atom. The molecular formula is C16H20N2. The Labute approximate surface area is 109 Å². The van der Waals surface area contributed by atoms with Crippen LogP contribution < -0.4 is 5.32 Å². The van der Waals surface area contributed by atoms with E-state index in [2.05, 4.69) is 50.1 Å². The molecule has 2 aromatic rings. The maximum absolute atomic E-state index is 4.13. The molecule has 0 aliphatic carbocycles. The number of rotatable bonds is 3. The van der Waals surface area contributed by atoms with Crippen LogP contribution in [-0.2, 0) is 0 Å². The van der Waals surface area contributed by atoms with Crippen LogP contribution in [0.15, 0.2) is 36.7 Å². The SMILES string of the molecule is Cc1cc(C)c(C(C)Nc2cccnc2)c(C)c1. The molecule has 0 aliphatic heterocycles. The standard InChI is InChI=1S/C16H20N2/c1-11-8-12(2)16(13(3)9-11)14(4)18-15-6-5-7-17-10-15/h5-10,14,18H,1-4H3. The van der Waals surface area contributed by atoms with Crippen LogP contribution in [0.1, 0.15) is 35.2 Å². The fraction of sp³-hybridized carbons (Fsp3) is 0.312. The van der Waals surface area contributed by atoms with E-state index in [9.17, 15) is 0 Å². The lowest BCUT2D eigenvalue weighted by Gasteiger charge is -2.20. The van der Waals surface area contributed by atoms with Crippen LogP contribution in [0.4, 0.5) is 5.69 Å². The van der Waals surface area contributed by atoms with E-state index in [1.807, 2.05) is 18.3 Å². The van der Waals surface area contributed by atoms with Gasteiger partial charge in [-0.05, 0) is 56.5 Å². The predicted octanol–water partition coefficient (Wildman–Crippen LogP) is 4.18. The molecule has 2 rings (SSSR count). The number of benzene rings is 1. The van der Waals surface area contributed by atoms with E-state index in [0.29, 0.717) is 0 Å². The Kier molecular flexibility index (Phi) is 3.66. The minimum absolute atomic E-state index is 0.287. The van der Waals surface area contributed by atoms with Gasteiger partial charge in [0.25, 0.3) is 0 Å². The molecule has 0 fully saturated rings. The minimum Gasteiger partial charge on any atom is -0.377 e. The molecule has 1 aromatic heterocycles. The summed E-state index contributed by atoms with van der Waals surface area (Å²) in [4.78, 5) is 4.13. The van der Waals surface area contributed by atoms with Crippen LogP contribution in [0.25, 0.3) is 0 Å². The number of anilines is 1. The van der Waals surface area contributed by atoms with E-state index in [1.165, 1.54) is 22.3 Å².